The molecular formula is C13H12N4O3S. The summed E-state index contributed by atoms with van der Waals surface area (Å²) in [5, 5.41) is 11.7. The Hall–Kier alpha value is -2.53. The van der Waals surface area contributed by atoms with Crippen molar-refractivity contribution in [3.05, 3.63) is 50.0 Å². The number of thioether (sulfide) groups is 1. The summed E-state index contributed by atoms with van der Waals surface area (Å²) in [6.45, 7) is 0. The molecule has 8 heteroatoms. The lowest BCUT2D eigenvalue weighted by atomic mass is 10.1. The molecule has 0 radical (unpaired) electrons. The summed E-state index contributed by atoms with van der Waals surface area (Å²) >= 11 is 1.26. The van der Waals surface area contributed by atoms with Crippen LogP contribution in [0.15, 0.2) is 32.9 Å². The van der Waals surface area contributed by atoms with Crippen molar-refractivity contribution >= 4 is 11.8 Å². The van der Waals surface area contributed by atoms with E-state index >= 15 is 0 Å². The smallest absolute Gasteiger partial charge is 0.339 e. The third-order valence-corrected chi connectivity index (χ3v) is 3.79. The third kappa shape index (κ3) is 3.32. The molecule has 1 aromatic carbocycles. The molecular weight excluding hydrogens is 292 g/mol. The molecule has 0 aliphatic heterocycles. The average molecular weight is 304 g/mol. The van der Waals surface area contributed by atoms with Crippen LogP contribution in [0.3, 0.4) is 0 Å². The van der Waals surface area contributed by atoms with E-state index in [4.69, 9.17) is 10.00 Å². The molecule has 2 rings (SSSR count). The molecule has 1 aromatic heterocycles. The van der Waals surface area contributed by atoms with Crippen molar-refractivity contribution in [2.45, 2.75) is 10.9 Å². The maximum atomic E-state index is 11.3. The Labute approximate surface area is 124 Å². The minimum absolute atomic E-state index is 0.379. The van der Waals surface area contributed by atoms with Gasteiger partial charge in [0.25, 0.3) is 0 Å². The van der Waals surface area contributed by atoms with Crippen molar-refractivity contribution in [3.8, 4) is 11.8 Å². The van der Waals surface area contributed by atoms with E-state index in [0.717, 1.165) is 5.56 Å². The van der Waals surface area contributed by atoms with Crippen LogP contribution < -0.4 is 15.9 Å². The molecule has 108 valence electrons. The van der Waals surface area contributed by atoms with E-state index in [0.29, 0.717) is 22.2 Å². The van der Waals surface area contributed by atoms with E-state index in [1.807, 2.05) is 0 Å². The van der Waals surface area contributed by atoms with Crippen molar-refractivity contribution in [1.82, 2.24) is 14.8 Å². The SMILES string of the molecule is COc1ccc(C#N)cc1CSc1nc(=O)c(=O)[nH]n1C. The lowest BCUT2D eigenvalue weighted by molar-refractivity contribution is 0.411. The first-order valence-corrected chi connectivity index (χ1v) is 6.91. The van der Waals surface area contributed by atoms with Crippen LogP contribution in [0.25, 0.3) is 0 Å². The number of nitrogens with zero attached hydrogens (tertiary/aromatic N) is 3. The van der Waals surface area contributed by atoms with Crippen LogP contribution in [0.1, 0.15) is 11.1 Å². The van der Waals surface area contributed by atoms with E-state index < -0.39 is 11.1 Å². The Morgan fingerprint density at radius 2 is 2.24 bits per heavy atom. The Kier molecular flexibility index (Phi) is 4.45. The Morgan fingerprint density at radius 1 is 1.48 bits per heavy atom. The second-order valence-electron chi connectivity index (χ2n) is 4.13. The average Bonchev–Trinajstić information content (AvgIpc) is 2.49. The number of nitrogens with one attached hydrogen (secondary N) is 1. The molecule has 0 saturated heterocycles. The summed E-state index contributed by atoms with van der Waals surface area (Å²) in [4.78, 5) is 26.1. The van der Waals surface area contributed by atoms with E-state index in [2.05, 4.69) is 16.2 Å². The van der Waals surface area contributed by atoms with Gasteiger partial charge in [-0.05, 0) is 18.2 Å². The van der Waals surface area contributed by atoms with E-state index in [1.54, 1.807) is 32.4 Å². The van der Waals surface area contributed by atoms with Gasteiger partial charge in [-0.15, -0.1) is 0 Å². The first kappa shape index (κ1) is 14.9. The summed E-state index contributed by atoms with van der Waals surface area (Å²) < 4.78 is 6.62. The molecule has 0 unspecified atom stereocenters. The lowest BCUT2D eigenvalue weighted by Gasteiger charge is -2.09. The fourth-order valence-corrected chi connectivity index (χ4v) is 2.59. The van der Waals surface area contributed by atoms with Gasteiger partial charge in [0.15, 0.2) is 5.16 Å². The van der Waals surface area contributed by atoms with Crippen molar-refractivity contribution in [3.63, 3.8) is 0 Å². The predicted molar refractivity (Wildman–Crippen MR) is 77.4 cm³/mol. The number of aryl methyl sites for hydroxylation is 1. The van der Waals surface area contributed by atoms with Crippen LogP contribution in [0.2, 0.25) is 0 Å². The Morgan fingerprint density at radius 3 is 2.90 bits per heavy atom. The highest BCUT2D eigenvalue weighted by Crippen LogP contribution is 2.26. The molecule has 0 fully saturated rings. The number of benzene rings is 1. The second kappa shape index (κ2) is 6.28. The van der Waals surface area contributed by atoms with Gasteiger partial charge in [0.1, 0.15) is 5.75 Å². The van der Waals surface area contributed by atoms with Crippen LogP contribution in [-0.2, 0) is 12.8 Å². The lowest BCUT2D eigenvalue weighted by Crippen LogP contribution is -2.33. The molecule has 0 atom stereocenters. The topological polar surface area (TPSA) is 101 Å². The van der Waals surface area contributed by atoms with Gasteiger partial charge in [-0.2, -0.15) is 10.2 Å². The van der Waals surface area contributed by atoms with E-state index in [-0.39, 0.29) is 0 Å². The number of rotatable bonds is 4. The molecule has 0 aliphatic rings. The van der Waals surface area contributed by atoms with Gasteiger partial charge in [0, 0.05) is 18.4 Å². The molecule has 0 spiro atoms. The highest BCUT2D eigenvalue weighted by molar-refractivity contribution is 7.98. The van der Waals surface area contributed by atoms with Gasteiger partial charge < -0.3 is 4.74 Å². The summed E-state index contributed by atoms with van der Waals surface area (Å²) in [7, 11) is 3.14. The molecule has 21 heavy (non-hydrogen) atoms. The zero-order chi connectivity index (χ0) is 15.4. The van der Waals surface area contributed by atoms with Gasteiger partial charge in [-0.3, -0.25) is 19.4 Å². The summed E-state index contributed by atoms with van der Waals surface area (Å²) in [5.41, 5.74) is -0.254. The van der Waals surface area contributed by atoms with Crippen LogP contribution in [0.4, 0.5) is 0 Å². The molecule has 0 bridgehead atoms. The largest absolute Gasteiger partial charge is 0.496 e. The molecule has 1 heterocycles. The van der Waals surface area contributed by atoms with Crippen LogP contribution in [0, 0.1) is 11.3 Å². The molecule has 0 saturated carbocycles. The van der Waals surface area contributed by atoms with Gasteiger partial charge in [0.2, 0.25) is 0 Å². The quantitative estimate of drug-likeness (QED) is 0.657. The van der Waals surface area contributed by atoms with Crippen molar-refractivity contribution < 1.29 is 4.74 Å². The number of methoxy groups -OCH3 is 1. The molecule has 0 aliphatic carbocycles. The van der Waals surface area contributed by atoms with Crippen LogP contribution in [0.5, 0.6) is 5.75 Å². The van der Waals surface area contributed by atoms with Crippen LogP contribution >= 0.6 is 11.8 Å². The van der Waals surface area contributed by atoms with Crippen molar-refractivity contribution in [1.29, 1.82) is 5.26 Å². The zero-order valence-electron chi connectivity index (χ0n) is 11.4. The second-order valence-corrected chi connectivity index (χ2v) is 5.07. The van der Waals surface area contributed by atoms with Gasteiger partial charge in [-0.25, -0.2) is 0 Å². The minimum Gasteiger partial charge on any atom is -0.496 e. The van der Waals surface area contributed by atoms with E-state index in [9.17, 15) is 9.59 Å². The first-order chi connectivity index (χ1) is 10.0. The number of hydrogen-bond donors (Lipinski definition) is 1. The monoisotopic (exact) mass is 304 g/mol. The Bertz CT molecular complexity index is 819. The first-order valence-electron chi connectivity index (χ1n) is 5.92. The number of H-pyrrole nitrogens is 1. The molecule has 2 aromatic rings. The highest BCUT2D eigenvalue weighted by atomic mass is 32.2. The highest BCUT2D eigenvalue weighted by Gasteiger charge is 2.09. The minimum atomic E-state index is -0.826. The fourth-order valence-electron chi connectivity index (χ4n) is 1.69. The number of ether oxygens (including phenoxy) is 1. The standard InChI is InChI=1S/C13H12N4O3S/c1-17-13(15-11(18)12(19)16-17)21-7-9-5-8(6-14)3-4-10(9)20-2/h3-5H,7H2,1-2H3,(H,16,19). The summed E-state index contributed by atoms with van der Waals surface area (Å²) in [5.74, 6) is 1.10. The number of aromatic amines is 1. The molecule has 7 nitrogen and oxygen atoms in total. The predicted octanol–water partition coefficient (Wildman–Crippen LogP) is 0.641. The van der Waals surface area contributed by atoms with Gasteiger partial charge in [0.05, 0.1) is 18.7 Å². The van der Waals surface area contributed by atoms with Crippen molar-refractivity contribution in [2.24, 2.45) is 7.05 Å². The van der Waals surface area contributed by atoms with Crippen LogP contribution in [-0.4, -0.2) is 21.9 Å². The third-order valence-electron chi connectivity index (χ3n) is 2.71. The molecule has 1 N–H and O–H groups in total. The van der Waals surface area contributed by atoms with Crippen molar-refractivity contribution in [2.75, 3.05) is 7.11 Å². The maximum Gasteiger partial charge on any atom is 0.339 e. The van der Waals surface area contributed by atoms with E-state index in [1.165, 1.54) is 16.4 Å². The summed E-state index contributed by atoms with van der Waals surface area (Å²) in [6, 6.07) is 7.16. The van der Waals surface area contributed by atoms with Gasteiger partial charge in [-0.1, -0.05) is 11.8 Å². The molecule has 0 amide bonds. The fraction of sp³-hybridized carbons (Fsp3) is 0.231. The van der Waals surface area contributed by atoms with Gasteiger partial charge >= 0.3 is 11.1 Å². The number of aromatic nitrogens is 3. The summed E-state index contributed by atoms with van der Waals surface area (Å²) in [6.07, 6.45) is 0. The maximum absolute atomic E-state index is 11.3. The normalized spacial score (nSPS) is 10.1. The Balaban J connectivity index is 2.28. The zero-order valence-corrected chi connectivity index (χ0v) is 12.2. The number of hydrogen-bond acceptors (Lipinski definition) is 6. The number of nitriles is 1.